The van der Waals surface area contributed by atoms with E-state index in [2.05, 4.69) is 45.4 Å². The van der Waals surface area contributed by atoms with Gasteiger partial charge >= 0.3 is 0 Å². The molecule has 0 radical (unpaired) electrons. The van der Waals surface area contributed by atoms with Crippen molar-refractivity contribution in [2.24, 2.45) is 0 Å². The molecule has 1 N–H and O–H groups in total. The number of hydrogen-bond donors (Lipinski definition) is 1. The van der Waals surface area contributed by atoms with Gasteiger partial charge in [-0.15, -0.1) is 0 Å². The Hall–Kier alpha value is -2.28. The predicted octanol–water partition coefficient (Wildman–Crippen LogP) is 4.18. The van der Waals surface area contributed by atoms with Gasteiger partial charge in [0.25, 0.3) is 0 Å². The Labute approximate surface area is 194 Å². The van der Waals surface area contributed by atoms with Crippen molar-refractivity contribution in [3.63, 3.8) is 0 Å². The Kier molecular flexibility index (Phi) is 6.53. The Morgan fingerprint density at radius 1 is 0.969 bits per heavy atom. The summed E-state index contributed by atoms with van der Waals surface area (Å²) in [6.45, 7) is 4.46. The number of benzene rings is 2. The van der Waals surface area contributed by atoms with E-state index in [9.17, 15) is 4.79 Å². The standard InChI is InChI=1S/C25H30ClN3O3/c26-19-14-23-24(32-13-12-31-23)15-20(19)27-25(30)17-29-11-5-9-22(29)21-8-4-10-28(21)16-18-6-2-1-3-7-18/h1-3,6-7,14-15,21-22H,4-5,8-13,16-17H2,(H,27,30). The van der Waals surface area contributed by atoms with Crippen LogP contribution in [0.4, 0.5) is 5.69 Å². The lowest BCUT2D eigenvalue weighted by molar-refractivity contribution is -0.117. The highest BCUT2D eigenvalue weighted by Gasteiger charge is 2.38. The molecule has 3 aliphatic heterocycles. The summed E-state index contributed by atoms with van der Waals surface area (Å²) in [5, 5.41) is 3.45. The van der Waals surface area contributed by atoms with Crippen molar-refractivity contribution in [3.8, 4) is 11.5 Å². The van der Waals surface area contributed by atoms with E-state index in [1.54, 1.807) is 12.1 Å². The fraction of sp³-hybridized carbons (Fsp3) is 0.480. The second-order valence-corrected chi connectivity index (χ2v) is 9.28. The van der Waals surface area contributed by atoms with Crippen LogP contribution in [0, 0.1) is 0 Å². The molecule has 32 heavy (non-hydrogen) atoms. The third-order valence-electron chi connectivity index (χ3n) is 6.75. The molecule has 2 fully saturated rings. The lowest BCUT2D eigenvalue weighted by Gasteiger charge is -2.35. The number of carbonyl (C=O) groups is 1. The topological polar surface area (TPSA) is 54.0 Å². The second-order valence-electron chi connectivity index (χ2n) is 8.87. The summed E-state index contributed by atoms with van der Waals surface area (Å²) in [4.78, 5) is 17.9. The highest BCUT2D eigenvalue weighted by molar-refractivity contribution is 6.34. The smallest absolute Gasteiger partial charge is 0.238 e. The van der Waals surface area contributed by atoms with Crippen molar-refractivity contribution in [3.05, 3.63) is 53.1 Å². The number of halogens is 1. The van der Waals surface area contributed by atoms with Crippen LogP contribution in [0.5, 0.6) is 11.5 Å². The minimum atomic E-state index is -0.0388. The summed E-state index contributed by atoms with van der Waals surface area (Å²) < 4.78 is 11.2. The molecule has 0 aliphatic carbocycles. The highest BCUT2D eigenvalue weighted by Crippen LogP contribution is 2.38. The van der Waals surface area contributed by atoms with Gasteiger partial charge in [0.05, 0.1) is 17.3 Å². The molecule has 2 unspecified atom stereocenters. The zero-order valence-corrected chi connectivity index (χ0v) is 19.0. The fourth-order valence-electron chi connectivity index (χ4n) is 5.32. The van der Waals surface area contributed by atoms with E-state index in [0.29, 0.717) is 54.1 Å². The Morgan fingerprint density at radius 2 is 1.62 bits per heavy atom. The van der Waals surface area contributed by atoms with E-state index in [-0.39, 0.29) is 5.91 Å². The molecule has 3 aliphatic rings. The average Bonchev–Trinajstić information content (AvgIpc) is 3.44. The number of nitrogens with zero attached hydrogens (tertiary/aromatic N) is 2. The van der Waals surface area contributed by atoms with Crippen molar-refractivity contribution < 1.29 is 14.3 Å². The number of anilines is 1. The largest absolute Gasteiger partial charge is 0.486 e. The van der Waals surface area contributed by atoms with Crippen LogP contribution in [0.2, 0.25) is 5.02 Å². The molecule has 5 rings (SSSR count). The molecule has 1 amide bonds. The molecule has 2 atom stereocenters. The molecule has 2 aromatic carbocycles. The molecule has 0 saturated carbocycles. The second kappa shape index (κ2) is 9.69. The van der Waals surface area contributed by atoms with Crippen LogP contribution < -0.4 is 14.8 Å². The minimum absolute atomic E-state index is 0.0388. The summed E-state index contributed by atoms with van der Waals surface area (Å²) in [7, 11) is 0. The van der Waals surface area contributed by atoms with E-state index in [0.717, 1.165) is 32.5 Å². The molecular formula is C25H30ClN3O3. The van der Waals surface area contributed by atoms with Crippen molar-refractivity contribution in [2.45, 2.75) is 44.3 Å². The van der Waals surface area contributed by atoms with E-state index in [4.69, 9.17) is 21.1 Å². The predicted molar refractivity (Wildman–Crippen MR) is 126 cm³/mol. The van der Waals surface area contributed by atoms with Crippen molar-refractivity contribution in [1.82, 2.24) is 9.80 Å². The molecule has 3 heterocycles. The van der Waals surface area contributed by atoms with Gasteiger partial charge in [-0.3, -0.25) is 14.6 Å². The van der Waals surface area contributed by atoms with Crippen LogP contribution in [0.1, 0.15) is 31.2 Å². The van der Waals surface area contributed by atoms with Crippen molar-refractivity contribution in [2.75, 3.05) is 38.2 Å². The molecule has 6 nitrogen and oxygen atoms in total. The van der Waals surface area contributed by atoms with Gasteiger partial charge in [0.1, 0.15) is 13.2 Å². The first-order valence-electron chi connectivity index (χ1n) is 11.6. The lowest BCUT2D eigenvalue weighted by atomic mass is 10.0. The maximum absolute atomic E-state index is 12.9. The number of amides is 1. The quantitative estimate of drug-likeness (QED) is 0.708. The molecule has 0 spiro atoms. The first-order valence-corrected chi connectivity index (χ1v) is 12.0. The molecule has 2 aromatic rings. The number of likely N-dealkylation sites (tertiary alicyclic amines) is 2. The third kappa shape index (κ3) is 4.72. The van der Waals surface area contributed by atoms with Gasteiger partial charge in [0.15, 0.2) is 11.5 Å². The molecule has 7 heteroatoms. The highest BCUT2D eigenvalue weighted by atomic mass is 35.5. The minimum Gasteiger partial charge on any atom is -0.486 e. The average molecular weight is 456 g/mol. The van der Waals surface area contributed by atoms with Gasteiger partial charge in [-0.1, -0.05) is 41.9 Å². The summed E-state index contributed by atoms with van der Waals surface area (Å²) >= 11 is 6.38. The number of rotatable bonds is 6. The summed E-state index contributed by atoms with van der Waals surface area (Å²) in [6.07, 6.45) is 4.71. The van der Waals surface area contributed by atoms with Crippen molar-refractivity contribution in [1.29, 1.82) is 0 Å². The van der Waals surface area contributed by atoms with Gasteiger partial charge in [-0.25, -0.2) is 0 Å². The first-order chi connectivity index (χ1) is 15.7. The number of nitrogens with one attached hydrogen (secondary N) is 1. The van der Waals surface area contributed by atoms with Crippen LogP contribution in [0.25, 0.3) is 0 Å². The third-order valence-corrected chi connectivity index (χ3v) is 7.07. The number of carbonyl (C=O) groups excluding carboxylic acids is 1. The van der Waals surface area contributed by atoms with E-state index in [1.807, 2.05) is 0 Å². The van der Waals surface area contributed by atoms with Gasteiger partial charge in [0.2, 0.25) is 5.91 Å². The SMILES string of the molecule is O=C(CN1CCCC1C1CCCN1Cc1ccccc1)Nc1cc2c(cc1Cl)OCCO2. The fourth-order valence-corrected chi connectivity index (χ4v) is 5.52. The number of ether oxygens (including phenoxy) is 2. The molecule has 0 aromatic heterocycles. The summed E-state index contributed by atoms with van der Waals surface area (Å²) in [6, 6.07) is 15.1. The monoisotopic (exact) mass is 455 g/mol. The Morgan fingerprint density at radius 3 is 2.38 bits per heavy atom. The van der Waals surface area contributed by atoms with Gasteiger partial charge in [0, 0.05) is 30.8 Å². The summed E-state index contributed by atoms with van der Waals surface area (Å²) in [5.41, 5.74) is 1.93. The maximum atomic E-state index is 12.9. The van der Waals surface area contributed by atoms with Crippen LogP contribution in [-0.4, -0.2) is 60.6 Å². The molecular weight excluding hydrogens is 426 g/mol. The van der Waals surface area contributed by atoms with Gasteiger partial charge in [-0.05, 0) is 44.3 Å². The normalized spacial score (nSPS) is 23.4. The van der Waals surface area contributed by atoms with Crippen LogP contribution in [-0.2, 0) is 11.3 Å². The Balaban J connectivity index is 1.23. The molecule has 170 valence electrons. The lowest BCUT2D eigenvalue weighted by Crippen LogP contribution is -2.48. The summed E-state index contributed by atoms with van der Waals surface area (Å²) in [5.74, 6) is 1.21. The number of hydrogen-bond acceptors (Lipinski definition) is 5. The molecule has 0 bridgehead atoms. The van der Waals surface area contributed by atoms with Crippen molar-refractivity contribution >= 4 is 23.2 Å². The Bertz CT molecular complexity index is 955. The first kappa shape index (κ1) is 21.6. The van der Waals surface area contributed by atoms with E-state index in [1.165, 1.54) is 18.4 Å². The van der Waals surface area contributed by atoms with Crippen LogP contribution >= 0.6 is 11.6 Å². The van der Waals surface area contributed by atoms with Crippen LogP contribution in [0.3, 0.4) is 0 Å². The number of fused-ring (bicyclic) bond motifs is 1. The van der Waals surface area contributed by atoms with Crippen LogP contribution in [0.15, 0.2) is 42.5 Å². The van der Waals surface area contributed by atoms with E-state index < -0.39 is 0 Å². The zero-order valence-electron chi connectivity index (χ0n) is 18.3. The molecule has 2 saturated heterocycles. The van der Waals surface area contributed by atoms with Gasteiger partial charge < -0.3 is 14.8 Å². The van der Waals surface area contributed by atoms with Gasteiger partial charge in [-0.2, -0.15) is 0 Å². The van der Waals surface area contributed by atoms with E-state index >= 15 is 0 Å². The zero-order chi connectivity index (χ0) is 21.9. The maximum Gasteiger partial charge on any atom is 0.238 e.